The van der Waals surface area contributed by atoms with Gasteiger partial charge in [0.15, 0.2) is 0 Å². The number of anilines is 1. The summed E-state index contributed by atoms with van der Waals surface area (Å²) in [4.78, 5) is 20.1. The van der Waals surface area contributed by atoms with Gasteiger partial charge in [0.25, 0.3) is 0 Å². The fourth-order valence-electron chi connectivity index (χ4n) is 4.45. The van der Waals surface area contributed by atoms with Gasteiger partial charge in [-0.3, -0.25) is 4.79 Å². The number of aromatic nitrogens is 1. The van der Waals surface area contributed by atoms with E-state index in [9.17, 15) is 4.79 Å². The molecule has 0 radical (unpaired) electrons. The van der Waals surface area contributed by atoms with Crippen molar-refractivity contribution in [3.8, 4) is 11.1 Å². The summed E-state index contributed by atoms with van der Waals surface area (Å²) in [5, 5.41) is 2.30. The number of H-pyrrole nitrogens is 1. The molecule has 5 heteroatoms. The zero-order valence-corrected chi connectivity index (χ0v) is 17.2. The number of primary amides is 1. The van der Waals surface area contributed by atoms with Crippen molar-refractivity contribution in [2.24, 2.45) is 5.73 Å². The van der Waals surface area contributed by atoms with Crippen LogP contribution in [0.5, 0.6) is 0 Å². The number of hydrogen-bond acceptors (Lipinski definition) is 3. The lowest BCUT2D eigenvalue weighted by atomic mass is 9.97. The number of carbonyl (C=O) groups is 1. The Hall–Kier alpha value is -3.31. The number of nitrogens with two attached hydrogens (primary N) is 1. The van der Waals surface area contributed by atoms with Crippen molar-refractivity contribution >= 4 is 33.4 Å². The molecule has 1 aliphatic heterocycles. The van der Waals surface area contributed by atoms with Crippen LogP contribution in [-0.4, -0.2) is 49.0 Å². The maximum atomic E-state index is 11.8. The molecule has 0 atom stereocenters. The molecule has 5 nitrogen and oxygen atoms in total. The number of carbonyl (C=O) groups excluding carboxylic acids is 1. The SMILES string of the molecule is CN1CCN(c2ccc3c(c2)[nH]c2c(CC(N)=O)cc(-c4ccccc4)cc23)CC1. The normalized spacial score (nSPS) is 15.2. The monoisotopic (exact) mass is 398 g/mol. The van der Waals surface area contributed by atoms with Crippen LogP contribution in [0.1, 0.15) is 5.56 Å². The van der Waals surface area contributed by atoms with Crippen LogP contribution in [0, 0.1) is 0 Å². The van der Waals surface area contributed by atoms with E-state index in [-0.39, 0.29) is 12.3 Å². The van der Waals surface area contributed by atoms with E-state index in [1.54, 1.807) is 0 Å². The van der Waals surface area contributed by atoms with Crippen LogP contribution in [-0.2, 0) is 11.2 Å². The highest BCUT2D eigenvalue weighted by Gasteiger charge is 2.17. The summed E-state index contributed by atoms with van der Waals surface area (Å²) in [6.45, 7) is 4.22. The summed E-state index contributed by atoms with van der Waals surface area (Å²) in [7, 11) is 2.17. The van der Waals surface area contributed by atoms with Gasteiger partial charge in [-0.25, -0.2) is 0 Å². The van der Waals surface area contributed by atoms with E-state index in [4.69, 9.17) is 5.73 Å². The Bertz CT molecular complexity index is 1220. The van der Waals surface area contributed by atoms with E-state index in [0.717, 1.165) is 59.3 Å². The number of likely N-dealkylation sites (N-methyl/N-ethyl adjacent to an activating group) is 1. The second kappa shape index (κ2) is 7.50. The standard InChI is InChI=1S/C25H26N4O/c1-28-9-11-29(12-10-28)20-7-8-21-22-14-18(17-5-3-2-4-6-17)13-19(15-24(26)30)25(22)27-23(21)16-20/h2-8,13-14,16,27H,9-12,15H2,1H3,(H2,26,30). The number of benzene rings is 3. The van der Waals surface area contributed by atoms with E-state index in [1.165, 1.54) is 11.1 Å². The van der Waals surface area contributed by atoms with Crippen LogP contribution in [0.4, 0.5) is 5.69 Å². The number of piperazine rings is 1. The molecule has 1 fully saturated rings. The molecule has 3 aromatic carbocycles. The van der Waals surface area contributed by atoms with E-state index < -0.39 is 0 Å². The first-order chi connectivity index (χ1) is 14.6. The lowest BCUT2D eigenvalue weighted by Crippen LogP contribution is -2.44. The molecule has 1 aliphatic rings. The second-order valence-corrected chi connectivity index (χ2v) is 8.21. The summed E-state index contributed by atoms with van der Waals surface area (Å²) in [5.41, 5.74) is 12.1. The zero-order chi connectivity index (χ0) is 20.7. The third-order valence-electron chi connectivity index (χ3n) is 6.11. The van der Waals surface area contributed by atoms with Gasteiger partial charge in [-0.05, 0) is 48.0 Å². The lowest BCUT2D eigenvalue weighted by molar-refractivity contribution is -0.117. The molecule has 3 N–H and O–H groups in total. The van der Waals surface area contributed by atoms with Gasteiger partial charge in [0.2, 0.25) is 5.91 Å². The van der Waals surface area contributed by atoms with Gasteiger partial charge in [0.1, 0.15) is 0 Å². The maximum Gasteiger partial charge on any atom is 0.221 e. The largest absolute Gasteiger partial charge is 0.369 e. The minimum absolute atomic E-state index is 0.218. The number of nitrogens with zero attached hydrogens (tertiary/aromatic N) is 2. The van der Waals surface area contributed by atoms with Crippen molar-refractivity contribution in [3.63, 3.8) is 0 Å². The Morgan fingerprint density at radius 3 is 2.43 bits per heavy atom. The third kappa shape index (κ3) is 3.42. The highest BCUT2D eigenvalue weighted by atomic mass is 16.1. The molecule has 5 rings (SSSR count). The molecular formula is C25H26N4O. The third-order valence-corrected chi connectivity index (χ3v) is 6.11. The molecule has 0 spiro atoms. The van der Waals surface area contributed by atoms with Gasteiger partial charge in [-0.15, -0.1) is 0 Å². The van der Waals surface area contributed by atoms with Crippen LogP contribution in [0.25, 0.3) is 32.9 Å². The van der Waals surface area contributed by atoms with E-state index >= 15 is 0 Å². The fraction of sp³-hybridized carbons (Fsp3) is 0.240. The van der Waals surface area contributed by atoms with Crippen LogP contribution < -0.4 is 10.6 Å². The Morgan fingerprint density at radius 1 is 0.933 bits per heavy atom. The molecule has 0 bridgehead atoms. The molecule has 0 unspecified atom stereocenters. The van der Waals surface area contributed by atoms with Crippen LogP contribution in [0.3, 0.4) is 0 Å². The summed E-state index contributed by atoms with van der Waals surface area (Å²) in [6, 6.07) is 21.2. The van der Waals surface area contributed by atoms with Gasteiger partial charge in [-0.1, -0.05) is 36.4 Å². The predicted octanol–water partition coefficient (Wildman–Crippen LogP) is 3.77. The topological polar surface area (TPSA) is 65.4 Å². The molecule has 1 saturated heterocycles. The highest BCUT2D eigenvalue weighted by molar-refractivity contribution is 6.11. The van der Waals surface area contributed by atoms with Gasteiger partial charge in [0.05, 0.1) is 11.9 Å². The Kier molecular flexibility index (Phi) is 4.68. The van der Waals surface area contributed by atoms with Crippen molar-refractivity contribution in [1.29, 1.82) is 0 Å². The van der Waals surface area contributed by atoms with E-state index in [1.807, 2.05) is 18.2 Å². The molecule has 30 heavy (non-hydrogen) atoms. The van der Waals surface area contributed by atoms with Gasteiger partial charge >= 0.3 is 0 Å². The van der Waals surface area contributed by atoms with Crippen molar-refractivity contribution in [3.05, 3.63) is 66.2 Å². The lowest BCUT2D eigenvalue weighted by Gasteiger charge is -2.34. The molecule has 0 aliphatic carbocycles. The number of nitrogens with one attached hydrogen (secondary N) is 1. The summed E-state index contributed by atoms with van der Waals surface area (Å²) < 4.78 is 0. The van der Waals surface area contributed by atoms with Crippen molar-refractivity contribution in [2.75, 3.05) is 38.1 Å². The number of fused-ring (bicyclic) bond motifs is 3. The second-order valence-electron chi connectivity index (χ2n) is 8.21. The minimum atomic E-state index is -0.321. The molecule has 2 heterocycles. The summed E-state index contributed by atoms with van der Waals surface area (Å²) in [5.74, 6) is -0.321. The van der Waals surface area contributed by atoms with Crippen LogP contribution in [0.2, 0.25) is 0 Å². The molecule has 152 valence electrons. The number of amides is 1. The smallest absolute Gasteiger partial charge is 0.221 e. The molecule has 0 saturated carbocycles. The Labute approximate surface area is 176 Å². The number of rotatable bonds is 4. The quantitative estimate of drug-likeness (QED) is 0.550. The Morgan fingerprint density at radius 2 is 1.70 bits per heavy atom. The molecular weight excluding hydrogens is 372 g/mol. The van der Waals surface area contributed by atoms with E-state index in [0.29, 0.717) is 0 Å². The number of aromatic amines is 1. The predicted molar refractivity (Wildman–Crippen MR) is 124 cm³/mol. The average Bonchev–Trinajstić information content (AvgIpc) is 3.13. The first-order valence-corrected chi connectivity index (χ1v) is 10.4. The van der Waals surface area contributed by atoms with Crippen molar-refractivity contribution in [1.82, 2.24) is 9.88 Å². The van der Waals surface area contributed by atoms with Gasteiger partial charge in [-0.2, -0.15) is 0 Å². The molecule has 1 aromatic heterocycles. The summed E-state index contributed by atoms with van der Waals surface area (Å²) >= 11 is 0. The number of hydrogen-bond donors (Lipinski definition) is 2. The van der Waals surface area contributed by atoms with Crippen molar-refractivity contribution < 1.29 is 4.79 Å². The summed E-state index contributed by atoms with van der Waals surface area (Å²) in [6.07, 6.45) is 0.218. The van der Waals surface area contributed by atoms with Crippen molar-refractivity contribution in [2.45, 2.75) is 6.42 Å². The van der Waals surface area contributed by atoms with E-state index in [2.05, 4.69) is 64.3 Å². The molecule has 4 aromatic rings. The van der Waals surface area contributed by atoms with Gasteiger partial charge < -0.3 is 20.5 Å². The highest BCUT2D eigenvalue weighted by Crippen LogP contribution is 2.34. The zero-order valence-electron chi connectivity index (χ0n) is 17.2. The molecule has 1 amide bonds. The fourth-order valence-corrected chi connectivity index (χ4v) is 4.45. The van der Waals surface area contributed by atoms with Crippen LogP contribution in [0.15, 0.2) is 60.7 Å². The van der Waals surface area contributed by atoms with Gasteiger partial charge in [0, 0.05) is 48.2 Å². The Balaban J connectivity index is 1.65. The minimum Gasteiger partial charge on any atom is -0.369 e. The average molecular weight is 399 g/mol. The first kappa shape index (κ1) is 18.7. The first-order valence-electron chi connectivity index (χ1n) is 10.4. The van der Waals surface area contributed by atoms with Crippen LogP contribution >= 0.6 is 0 Å². The maximum absolute atomic E-state index is 11.8.